The number of carbonyl (C=O) groups is 4. The summed E-state index contributed by atoms with van der Waals surface area (Å²) in [5, 5.41) is 9.98. The highest BCUT2D eigenvalue weighted by Crippen LogP contribution is 2.57. The molecule has 0 saturated carbocycles. The second kappa shape index (κ2) is 12.9. The zero-order valence-corrected chi connectivity index (χ0v) is 26.1. The van der Waals surface area contributed by atoms with E-state index in [4.69, 9.17) is 42.5 Å². The van der Waals surface area contributed by atoms with Gasteiger partial charge in [0.15, 0.2) is 17.3 Å². The van der Waals surface area contributed by atoms with E-state index in [1.807, 2.05) is 0 Å². The van der Waals surface area contributed by atoms with Crippen LogP contribution in [0.15, 0.2) is 88.4 Å². The van der Waals surface area contributed by atoms with E-state index < -0.39 is 60.9 Å². The molecule has 1 aliphatic carbocycles. The maximum atomic E-state index is 14.0. The molecule has 0 atom stereocenters. The number of primary amides is 1. The molecule has 0 radical (unpaired) electrons. The van der Waals surface area contributed by atoms with Gasteiger partial charge < -0.3 is 34.2 Å². The van der Waals surface area contributed by atoms with Crippen LogP contribution in [0.3, 0.4) is 0 Å². The summed E-state index contributed by atoms with van der Waals surface area (Å²) in [4.78, 5) is 75.5. The maximum absolute atomic E-state index is 14.0. The number of nitrogens with two attached hydrogens (primary N) is 1. The number of allylic oxidation sites excluding steroid dienone is 2. The Morgan fingerprint density at radius 3 is 1.54 bits per heavy atom. The van der Waals surface area contributed by atoms with Crippen LogP contribution in [0.4, 0.5) is 0 Å². The zero-order valence-electron chi connectivity index (χ0n) is 24.6. The van der Waals surface area contributed by atoms with Crippen molar-refractivity contribution >= 4 is 69.7 Å². The van der Waals surface area contributed by atoms with E-state index in [1.54, 1.807) is 64.6 Å². The van der Waals surface area contributed by atoms with Crippen LogP contribution < -0.4 is 21.7 Å². The molecule has 2 aromatic carbocycles. The summed E-state index contributed by atoms with van der Waals surface area (Å²) in [5.41, 5.74) is -1.12. The number of ketones is 1. The highest BCUT2D eigenvalue weighted by Gasteiger charge is 2.62. The number of hydrogen-bond acceptors (Lipinski definition) is 10. The smallest absolute Gasteiger partial charge is 0.345 e. The highest BCUT2D eigenvalue weighted by atomic mass is 35.5. The molecule has 1 aliphatic heterocycles. The van der Waals surface area contributed by atoms with Crippen LogP contribution in [0.25, 0.3) is 21.9 Å². The lowest BCUT2D eigenvalue weighted by Crippen LogP contribution is -2.52. The Bertz CT molecular complexity index is 2000. The van der Waals surface area contributed by atoms with Gasteiger partial charge in [-0.3, -0.25) is 19.2 Å². The second-order valence-corrected chi connectivity index (χ2v) is 11.0. The first kappa shape index (κ1) is 33.5. The monoisotopic (exact) mass is 669 g/mol. The summed E-state index contributed by atoms with van der Waals surface area (Å²) in [6, 6.07) is 12.6. The fourth-order valence-electron chi connectivity index (χ4n) is 4.88. The average Bonchev–Trinajstić information content (AvgIpc) is 3.03. The zero-order chi connectivity index (χ0) is 34.1. The molecule has 15 heteroatoms. The van der Waals surface area contributed by atoms with Crippen molar-refractivity contribution < 1.29 is 37.9 Å². The summed E-state index contributed by atoms with van der Waals surface area (Å²) in [6.07, 6.45) is 1.50. The van der Waals surface area contributed by atoms with E-state index in [9.17, 15) is 33.9 Å². The molecule has 2 aliphatic rings. The summed E-state index contributed by atoms with van der Waals surface area (Å²) >= 11 is 12.3. The van der Waals surface area contributed by atoms with Crippen LogP contribution >= 0.6 is 23.2 Å². The number of benzene rings is 2. The van der Waals surface area contributed by atoms with Gasteiger partial charge in [0.05, 0.1) is 16.3 Å². The third-order valence-corrected chi connectivity index (χ3v) is 7.53. The Labute approximate surface area is 269 Å². The van der Waals surface area contributed by atoms with Crippen molar-refractivity contribution in [2.45, 2.75) is 5.41 Å². The van der Waals surface area contributed by atoms with Gasteiger partial charge in [-0.05, 0) is 24.3 Å². The van der Waals surface area contributed by atoms with Crippen LogP contribution in [0.1, 0.15) is 11.1 Å². The summed E-state index contributed by atoms with van der Waals surface area (Å²) in [5.74, 6) is -3.87. The van der Waals surface area contributed by atoms with E-state index in [2.05, 4.69) is 0 Å². The molecule has 1 spiro atoms. The lowest BCUT2D eigenvalue weighted by atomic mass is 9.62. The number of carbonyl (C=O) groups excluding carboxylic acids is 4. The minimum atomic E-state index is -2.68. The largest absolute Gasteiger partial charge is 0.506 e. The summed E-state index contributed by atoms with van der Waals surface area (Å²) in [6.45, 7) is 0. The summed E-state index contributed by atoms with van der Waals surface area (Å²) < 4.78 is 17.0. The van der Waals surface area contributed by atoms with Gasteiger partial charge >= 0.3 is 11.3 Å². The lowest BCUT2D eigenvalue weighted by Gasteiger charge is -2.39. The number of ether oxygens (including phenoxy) is 1. The minimum Gasteiger partial charge on any atom is -0.506 e. The van der Waals surface area contributed by atoms with Crippen molar-refractivity contribution in [3.05, 3.63) is 102 Å². The van der Waals surface area contributed by atoms with Crippen LogP contribution in [0.5, 0.6) is 11.5 Å². The standard InChI is InChI=1S/C25H11Cl2NO8.2C3H7NO/c26-16-17(27)21(30)25(13(18(16)29)22(28)31)14-19(9-5-1-3-7-11(9)34-23(14)32)36-20-10-6-2-4-8-12(10)35-24(33)15(20)25;2*1-4(2)3-5/h1-8,29H,(H2,28,31);2*3H,1-2H3. The van der Waals surface area contributed by atoms with Gasteiger partial charge in [-0.2, -0.15) is 0 Å². The molecule has 0 fully saturated rings. The molecule has 0 unspecified atom stereocenters. The molecule has 3 amide bonds. The predicted octanol–water partition coefficient (Wildman–Crippen LogP) is 3.27. The number of hydrogen-bond donors (Lipinski definition) is 2. The Balaban J connectivity index is 0.000000421. The van der Waals surface area contributed by atoms with Crippen molar-refractivity contribution in [2.24, 2.45) is 5.73 Å². The number of rotatable bonds is 3. The molecule has 3 heterocycles. The molecule has 13 nitrogen and oxygen atoms in total. The number of aliphatic hydroxyl groups is 1. The van der Waals surface area contributed by atoms with Crippen LogP contribution in [-0.4, -0.2) is 67.6 Å². The highest BCUT2D eigenvalue weighted by molar-refractivity contribution is 6.52. The number of fused-ring (bicyclic) bond motifs is 8. The predicted molar refractivity (Wildman–Crippen MR) is 168 cm³/mol. The van der Waals surface area contributed by atoms with Crippen molar-refractivity contribution in [1.82, 2.24) is 9.80 Å². The Kier molecular flexibility index (Phi) is 9.40. The average molecular weight is 670 g/mol. The van der Waals surface area contributed by atoms with Gasteiger partial charge in [-0.1, -0.05) is 47.5 Å². The molecular formula is C31H25Cl2N3O10. The Morgan fingerprint density at radius 1 is 0.783 bits per heavy atom. The van der Waals surface area contributed by atoms with Gasteiger partial charge in [-0.15, -0.1) is 0 Å². The van der Waals surface area contributed by atoms with E-state index in [1.165, 1.54) is 21.9 Å². The first-order chi connectivity index (χ1) is 21.7. The van der Waals surface area contributed by atoms with E-state index >= 15 is 0 Å². The molecule has 6 rings (SSSR count). The van der Waals surface area contributed by atoms with Gasteiger partial charge in [0.1, 0.15) is 43.5 Å². The molecule has 0 saturated heterocycles. The lowest BCUT2D eigenvalue weighted by molar-refractivity contribution is -0.122. The first-order valence-electron chi connectivity index (χ1n) is 13.1. The number of para-hydroxylation sites is 2. The van der Waals surface area contributed by atoms with Crippen LogP contribution in [-0.2, 0) is 24.6 Å². The molecule has 0 bridgehead atoms. The van der Waals surface area contributed by atoms with Crippen molar-refractivity contribution in [3.63, 3.8) is 0 Å². The van der Waals surface area contributed by atoms with Crippen LogP contribution in [0, 0.1) is 0 Å². The van der Waals surface area contributed by atoms with Crippen molar-refractivity contribution in [1.29, 1.82) is 0 Å². The van der Waals surface area contributed by atoms with E-state index in [0.29, 0.717) is 0 Å². The SMILES string of the molecule is CN(C)C=O.CN(C)C=O.NC(=O)C1=C(O)C(Cl)=C(Cl)C(=O)C12c1c(c3ccccc3oc1=O)Oc1c2c(=O)oc2ccccc12. The van der Waals surface area contributed by atoms with Crippen molar-refractivity contribution in [3.8, 4) is 11.5 Å². The van der Waals surface area contributed by atoms with Gasteiger partial charge in [0, 0.05) is 28.2 Å². The molecule has 4 aromatic rings. The van der Waals surface area contributed by atoms with Gasteiger partial charge in [-0.25, -0.2) is 9.59 Å². The van der Waals surface area contributed by atoms with E-state index in [0.717, 1.165) is 12.8 Å². The molecule has 2 aromatic heterocycles. The quantitative estimate of drug-likeness (QED) is 0.242. The molecule has 3 N–H and O–H groups in total. The molecule has 238 valence electrons. The number of Topliss-reactive ketones (excluding diaryl/α,β-unsaturated/α-hetero) is 1. The summed E-state index contributed by atoms with van der Waals surface area (Å²) in [7, 11) is 6.75. The third kappa shape index (κ3) is 5.39. The number of halogens is 2. The minimum absolute atomic E-state index is 0.101. The maximum Gasteiger partial charge on any atom is 0.345 e. The Morgan fingerprint density at radius 2 is 1.17 bits per heavy atom. The van der Waals surface area contributed by atoms with Gasteiger partial charge in [0.25, 0.3) is 0 Å². The van der Waals surface area contributed by atoms with Gasteiger partial charge in [0.2, 0.25) is 18.7 Å². The number of nitrogens with zero attached hydrogens (tertiary/aromatic N) is 2. The number of amides is 3. The van der Waals surface area contributed by atoms with Crippen molar-refractivity contribution in [2.75, 3.05) is 28.2 Å². The molecule has 46 heavy (non-hydrogen) atoms. The second-order valence-electron chi connectivity index (χ2n) is 10.2. The topological polar surface area (TPSA) is 191 Å². The fourth-order valence-corrected chi connectivity index (χ4v) is 5.29. The number of aliphatic hydroxyl groups excluding tert-OH is 1. The fraction of sp³-hybridized carbons (Fsp3) is 0.161. The van der Waals surface area contributed by atoms with E-state index in [-0.39, 0.29) is 33.4 Å². The molecular weight excluding hydrogens is 645 g/mol. The Hall–Kier alpha value is -5.40. The normalized spacial score (nSPS) is 14.3. The van der Waals surface area contributed by atoms with Crippen LogP contribution in [0.2, 0.25) is 0 Å². The third-order valence-electron chi connectivity index (χ3n) is 6.71. The first-order valence-corrected chi connectivity index (χ1v) is 13.9.